The summed E-state index contributed by atoms with van der Waals surface area (Å²) in [5, 5.41) is 2.34. The zero-order chi connectivity index (χ0) is 38.8. The van der Waals surface area contributed by atoms with E-state index in [1.165, 1.54) is 44.3 Å². The molecule has 276 valence electrons. The van der Waals surface area contributed by atoms with Crippen LogP contribution in [-0.2, 0) is 5.41 Å². The van der Waals surface area contributed by atoms with E-state index in [4.69, 9.17) is 4.74 Å². The van der Waals surface area contributed by atoms with Crippen LogP contribution in [-0.4, -0.2) is 0 Å². The molecule has 0 amide bonds. The molecular formula is C55H40N2O. The fourth-order valence-electron chi connectivity index (χ4n) is 9.24. The summed E-state index contributed by atoms with van der Waals surface area (Å²) in [6, 6.07) is 74.0. The minimum Gasteiger partial charge on any atom is -0.456 e. The zero-order valence-corrected chi connectivity index (χ0v) is 32.4. The molecule has 0 radical (unpaired) electrons. The van der Waals surface area contributed by atoms with Crippen molar-refractivity contribution in [2.75, 3.05) is 9.80 Å². The average molecular weight is 745 g/mol. The number of rotatable bonds is 7. The summed E-state index contributed by atoms with van der Waals surface area (Å²) in [7, 11) is 0. The Labute approximate surface area is 339 Å². The second kappa shape index (κ2) is 13.4. The molecule has 1 heterocycles. The van der Waals surface area contributed by atoms with Crippen molar-refractivity contribution in [3.8, 4) is 44.9 Å². The maximum atomic E-state index is 6.82. The van der Waals surface area contributed by atoms with Crippen molar-refractivity contribution in [2.24, 2.45) is 0 Å². The molecule has 11 rings (SSSR count). The van der Waals surface area contributed by atoms with Gasteiger partial charge in [0.15, 0.2) is 0 Å². The van der Waals surface area contributed by atoms with E-state index in [0.717, 1.165) is 56.6 Å². The van der Waals surface area contributed by atoms with Gasteiger partial charge >= 0.3 is 0 Å². The van der Waals surface area contributed by atoms with E-state index in [2.05, 4.69) is 230 Å². The monoisotopic (exact) mass is 744 g/mol. The largest absolute Gasteiger partial charge is 0.456 e. The Morgan fingerprint density at radius 1 is 0.345 bits per heavy atom. The van der Waals surface area contributed by atoms with Gasteiger partial charge in [0, 0.05) is 56.6 Å². The first-order valence-electron chi connectivity index (χ1n) is 20.0. The summed E-state index contributed by atoms with van der Waals surface area (Å²) in [6.45, 7) is 4.74. The number of anilines is 6. The predicted molar refractivity (Wildman–Crippen MR) is 242 cm³/mol. The summed E-state index contributed by atoms with van der Waals surface area (Å²) in [4.78, 5) is 4.63. The van der Waals surface area contributed by atoms with Crippen molar-refractivity contribution >= 4 is 44.9 Å². The van der Waals surface area contributed by atoms with Crippen LogP contribution in [0.15, 0.2) is 206 Å². The third-order valence-electron chi connectivity index (χ3n) is 12.0. The third kappa shape index (κ3) is 5.43. The second-order valence-electron chi connectivity index (χ2n) is 15.8. The molecule has 9 aromatic carbocycles. The third-order valence-corrected chi connectivity index (χ3v) is 12.0. The molecule has 9 aromatic rings. The fraction of sp³-hybridized carbons (Fsp3) is 0.0545. The van der Waals surface area contributed by atoms with Gasteiger partial charge in [-0.05, 0) is 129 Å². The number of hydrogen-bond acceptors (Lipinski definition) is 3. The SMILES string of the molecule is CC1(C)c2cc(-c3ccc4c5c(cccc35)Oc3cc(N(c5ccccc5)c5ccccc5)ccc3-4)ccc2-c2ccc(N(c3ccccc3)c3ccccc3)cc21. The Kier molecular flexibility index (Phi) is 7.84. The first-order chi connectivity index (χ1) is 28.5. The Bertz CT molecular complexity index is 2920. The van der Waals surface area contributed by atoms with Gasteiger partial charge in [0.1, 0.15) is 11.5 Å². The van der Waals surface area contributed by atoms with E-state index in [-0.39, 0.29) is 5.41 Å². The lowest BCUT2D eigenvalue weighted by Crippen LogP contribution is -2.16. The summed E-state index contributed by atoms with van der Waals surface area (Å²) in [5.74, 6) is 1.74. The van der Waals surface area contributed by atoms with Gasteiger partial charge in [-0.3, -0.25) is 0 Å². The van der Waals surface area contributed by atoms with Gasteiger partial charge < -0.3 is 14.5 Å². The van der Waals surface area contributed by atoms with Crippen molar-refractivity contribution < 1.29 is 4.74 Å². The van der Waals surface area contributed by atoms with E-state index < -0.39 is 0 Å². The van der Waals surface area contributed by atoms with E-state index in [1.54, 1.807) is 0 Å². The van der Waals surface area contributed by atoms with Crippen molar-refractivity contribution in [3.63, 3.8) is 0 Å². The van der Waals surface area contributed by atoms with Crippen LogP contribution in [0, 0.1) is 0 Å². The predicted octanol–water partition coefficient (Wildman–Crippen LogP) is 15.5. The average Bonchev–Trinajstić information content (AvgIpc) is 3.50. The lowest BCUT2D eigenvalue weighted by atomic mass is 9.81. The first-order valence-corrected chi connectivity index (χ1v) is 20.0. The maximum Gasteiger partial charge on any atom is 0.137 e. The smallest absolute Gasteiger partial charge is 0.137 e. The lowest BCUT2D eigenvalue weighted by molar-refractivity contribution is 0.487. The molecule has 0 fully saturated rings. The molecule has 0 atom stereocenters. The second-order valence-corrected chi connectivity index (χ2v) is 15.8. The maximum absolute atomic E-state index is 6.82. The molecule has 2 aliphatic rings. The molecule has 1 aliphatic carbocycles. The number of para-hydroxylation sites is 4. The molecule has 0 saturated carbocycles. The molecule has 0 saturated heterocycles. The topological polar surface area (TPSA) is 15.7 Å². The van der Waals surface area contributed by atoms with Crippen LogP contribution in [0.3, 0.4) is 0 Å². The lowest BCUT2D eigenvalue weighted by Gasteiger charge is -2.28. The van der Waals surface area contributed by atoms with Gasteiger partial charge in [-0.15, -0.1) is 0 Å². The molecule has 1 aliphatic heterocycles. The van der Waals surface area contributed by atoms with Crippen LogP contribution in [0.2, 0.25) is 0 Å². The molecule has 0 N–H and O–H groups in total. The van der Waals surface area contributed by atoms with Crippen molar-refractivity contribution in [1.82, 2.24) is 0 Å². The molecule has 0 aromatic heterocycles. The summed E-state index contributed by atoms with van der Waals surface area (Å²) in [5.41, 5.74) is 16.5. The van der Waals surface area contributed by atoms with Crippen LogP contribution < -0.4 is 14.5 Å². The van der Waals surface area contributed by atoms with E-state index >= 15 is 0 Å². The van der Waals surface area contributed by atoms with Crippen LogP contribution in [0.5, 0.6) is 11.5 Å². The van der Waals surface area contributed by atoms with Gasteiger partial charge in [-0.1, -0.05) is 129 Å². The number of nitrogens with zero attached hydrogens (tertiary/aromatic N) is 2. The van der Waals surface area contributed by atoms with E-state index in [1.807, 2.05) is 0 Å². The van der Waals surface area contributed by atoms with Crippen LogP contribution in [0.25, 0.3) is 44.2 Å². The number of ether oxygens (including phenoxy) is 1. The Morgan fingerprint density at radius 3 is 1.38 bits per heavy atom. The summed E-state index contributed by atoms with van der Waals surface area (Å²) in [6.07, 6.45) is 0. The molecule has 58 heavy (non-hydrogen) atoms. The number of hydrogen-bond donors (Lipinski definition) is 0. The van der Waals surface area contributed by atoms with Gasteiger partial charge in [0.05, 0.1) is 0 Å². The van der Waals surface area contributed by atoms with Crippen molar-refractivity contribution in [3.05, 3.63) is 217 Å². The first kappa shape index (κ1) is 33.9. The summed E-state index contributed by atoms with van der Waals surface area (Å²) >= 11 is 0. The minimum atomic E-state index is -0.199. The highest BCUT2D eigenvalue weighted by atomic mass is 16.5. The molecule has 3 heteroatoms. The summed E-state index contributed by atoms with van der Waals surface area (Å²) < 4.78 is 6.82. The van der Waals surface area contributed by atoms with E-state index in [0.29, 0.717) is 0 Å². The molecular weight excluding hydrogens is 705 g/mol. The normalized spacial score (nSPS) is 12.9. The van der Waals surface area contributed by atoms with Gasteiger partial charge in [-0.25, -0.2) is 0 Å². The minimum absolute atomic E-state index is 0.199. The number of benzene rings is 9. The van der Waals surface area contributed by atoms with Gasteiger partial charge in [-0.2, -0.15) is 0 Å². The highest BCUT2D eigenvalue weighted by molar-refractivity contribution is 6.10. The Hall–Kier alpha value is -7.36. The standard InChI is InChI=1S/C55H40N2O/c1-55(2)50-34-37(26-29-45(50)46-30-27-42(35-51(46)55)56(38-16-7-3-8-17-38)39-18-9-4-10-19-39)44-32-33-49-47-31-28-43(36-53(47)58-52-25-15-24-48(44)54(49)52)57(40-20-11-5-12-21-40)41-22-13-6-14-23-41/h3-36H,1-2H3. The molecule has 0 spiro atoms. The quantitative estimate of drug-likeness (QED) is 0.162. The van der Waals surface area contributed by atoms with Gasteiger partial charge in [0.25, 0.3) is 0 Å². The Balaban J connectivity index is 0.973. The van der Waals surface area contributed by atoms with Crippen LogP contribution in [0.1, 0.15) is 25.0 Å². The fourth-order valence-corrected chi connectivity index (χ4v) is 9.24. The molecule has 0 bridgehead atoms. The highest BCUT2D eigenvalue weighted by Crippen LogP contribution is 2.54. The van der Waals surface area contributed by atoms with E-state index in [9.17, 15) is 0 Å². The Morgan fingerprint density at radius 2 is 0.810 bits per heavy atom. The van der Waals surface area contributed by atoms with Crippen LogP contribution in [0.4, 0.5) is 34.1 Å². The van der Waals surface area contributed by atoms with Gasteiger partial charge in [0.2, 0.25) is 0 Å². The molecule has 0 unspecified atom stereocenters. The number of fused-ring (bicyclic) bond motifs is 5. The zero-order valence-electron chi connectivity index (χ0n) is 32.4. The van der Waals surface area contributed by atoms with Crippen LogP contribution >= 0.6 is 0 Å². The van der Waals surface area contributed by atoms with Crippen molar-refractivity contribution in [1.29, 1.82) is 0 Å². The van der Waals surface area contributed by atoms with Crippen molar-refractivity contribution in [2.45, 2.75) is 19.3 Å². The highest BCUT2D eigenvalue weighted by Gasteiger charge is 2.36. The molecule has 3 nitrogen and oxygen atoms in total.